The maximum absolute atomic E-state index is 12.6. The number of halogens is 6. The van der Waals surface area contributed by atoms with Crippen molar-refractivity contribution in [2.24, 2.45) is 0 Å². The van der Waals surface area contributed by atoms with Crippen LogP contribution in [0.4, 0.5) is 17.6 Å². The Labute approximate surface area is 99.2 Å². The van der Waals surface area contributed by atoms with Gasteiger partial charge in [0, 0.05) is 4.47 Å². The van der Waals surface area contributed by atoms with Crippen molar-refractivity contribution < 1.29 is 22.4 Å². The molecule has 84 valence electrons. The highest BCUT2D eigenvalue weighted by atomic mass is 79.9. The molecule has 15 heavy (non-hydrogen) atoms. The maximum atomic E-state index is 12.6. The average Bonchev–Trinajstić information content (AvgIpc) is 2.45. The van der Waals surface area contributed by atoms with Gasteiger partial charge in [-0.1, -0.05) is 11.6 Å². The number of hydrogen-bond donors (Lipinski definition) is 0. The molecule has 0 spiro atoms. The number of Topliss-reactive ketones (excluding diaryl/α,β-unsaturated/α-hetero) is 1. The minimum absolute atomic E-state index is 0.0587. The van der Waals surface area contributed by atoms with Gasteiger partial charge in [0.1, 0.15) is 4.34 Å². The molecule has 1 aromatic rings. The Hall–Kier alpha value is -0.140. The SMILES string of the molecule is O=C(c1cc(Br)c(Cl)s1)C(F)(F)C(F)F. The number of rotatable bonds is 3. The maximum Gasteiger partial charge on any atom is 0.369 e. The van der Waals surface area contributed by atoms with Crippen LogP contribution in [0.15, 0.2) is 10.5 Å². The van der Waals surface area contributed by atoms with Gasteiger partial charge in [-0.05, 0) is 22.0 Å². The third-order valence-corrected chi connectivity index (χ3v) is 3.92. The second-order valence-electron chi connectivity index (χ2n) is 2.49. The largest absolute Gasteiger partial charge is 0.369 e. The minimum atomic E-state index is -4.67. The lowest BCUT2D eigenvalue weighted by molar-refractivity contribution is -0.0956. The number of thiophene rings is 1. The Morgan fingerprint density at radius 1 is 1.53 bits per heavy atom. The highest BCUT2D eigenvalue weighted by molar-refractivity contribution is 9.10. The topological polar surface area (TPSA) is 17.1 Å². The molecule has 0 bridgehead atoms. The van der Waals surface area contributed by atoms with Crippen LogP contribution < -0.4 is 0 Å². The predicted molar refractivity (Wildman–Crippen MR) is 52.3 cm³/mol. The molecule has 1 nitrogen and oxygen atoms in total. The lowest BCUT2D eigenvalue weighted by atomic mass is 10.2. The first kappa shape index (κ1) is 12.9. The zero-order chi connectivity index (χ0) is 11.8. The Balaban J connectivity index is 3.05. The van der Waals surface area contributed by atoms with Gasteiger partial charge in [0.25, 0.3) is 0 Å². The molecular weight excluding hydrogens is 323 g/mol. The standard InChI is InChI=1S/C7H2BrClF4OS/c8-2-1-3(15-5(2)9)4(14)7(12,13)6(10)11/h1,6H. The van der Waals surface area contributed by atoms with E-state index in [-0.39, 0.29) is 8.81 Å². The van der Waals surface area contributed by atoms with Crippen LogP contribution in [0.25, 0.3) is 0 Å². The summed E-state index contributed by atoms with van der Waals surface area (Å²) in [5, 5.41) is 0. The number of carbonyl (C=O) groups excluding carboxylic acids is 1. The molecule has 1 heterocycles. The van der Waals surface area contributed by atoms with Gasteiger partial charge in [-0.15, -0.1) is 11.3 Å². The van der Waals surface area contributed by atoms with Crippen LogP contribution in [0.5, 0.6) is 0 Å². The second kappa shape index (κ2) is 4.39. The van der Waals surface area contributed by atoms with Gasteiger partial charge in [0.2, 0.25) is 5.78 Å². The van der Waals surface area contributed by atoms with Crippen LogP contribution in [0.1, 0.15) is 9.67 Å². The van der Waals surface area contributed by atoms with E-state index in [4.69, 9.17) is 11.6 Å². The molecule has 0 aromatic carbocycles. The number of ketones is 1. The van der Waals surface area contributed by atoms with E-state index in [0.29, 0.717) is 11.3 Å². The van der Waals surface area contributed by atoms with Gasteiger partial charge in [0.05, 0.1) is 4.88 Å². The third-order valence-electron chi connectivity index (χ3n) is 1.45. The van der Waals surface area contributed by atoms with E-state index >= 15 is 0 Å². The van der Waals surface area contributed by atoms with E-state index in [1.165, 1.54) is 0 Å². The number of hydrogen-bond acceptors (Lipinski definition) is 2. The number of alkyl halides is 4. The first-order valence-corrected chi connectivity index (χ1v) is 5.41. The normalized spacial score (nSPS) is 12.2. The molecule has 0 saturated heterocycles. The molecule has 0 aliphatic carbocycles. The molecule has 1 aromatic heterocycles. The van der Waals surface area contributed by atoms with Crippen molar-refractivity contribution in [1.29, 1.82) is 0 Å². The molecule has 0 N–H and O–H groups in total. The van der Waals surface area contributed by atoms with Crippen LogP contribution >= 0.6 is 38.9 Å². The van der Waals surface area contributed by atoms with Gasteiger partial charge < -0.3 is 0 Å². The molecule has 0 saturated carbocycles. The molecule has 0 radical (unpaired) electrons. The summed E-state index contributed by atoms with van der Waals surface area (Å²) in [6, 6.07) is 0.992. The van der Waals surface area contributed by atoms with Crippen molar-refractivity contribution in [2.75, 3.05) is 0 Å². The fourth-order valence-electron chi connectivity index (χ4n) is 0.722. The smallest absolute Gasteiger partial charge is 0.286 e. The fraction of sp³-hybridized carbons (Fsp3) is 0.286. The molecular formula is C7H2BrClF4OS. The predicted octanol–water partition coefficient (Wildman–Crippen LogP) is 4.25. The van der Waals surface area contributed by atoms with Crippen molar-refractivity contribution in [3.05, 3.63) is 19.8 Å². The average molecular weight is 326 g/mol. The summed E-state index contributed by atoms with van der Waals surface area (Å²) in [7, 11) is 0. The van der Waals surface area contributed by atoms with Gasteiger partial charge >= 0.3 is 12.3 Å². The van der Waals surface area contributed by atoms with Crippen LogP contribution in [-0.2, 0) is 0 Å². The minimum Gasteiger partial charge on any atom is -0.286 e. The van der Waals surface area contributed by atoms with Gasteiger partial charge in [-0.3, -0.25) is 4.79 Å². The van der Waals surface area contributed by atoms with Crippen molar-refractivity contribution in [2.45, 2.75) is 12.3 Å². The van der Waals surface area contributed by atoms with Gasteiger partial charge in [-0.2, -0.15) is 8.78 Å². The summed E-state index contributed by atoms with van der Waals surface area (Å²) in [5.41, 5.74) is 0. The Morgan fingerprint density at radius 3 is 2.40 bits per heavy atom. The highest BCUT2D eigenvalue weighted by Gasteiger charge is 2.49. The quantitative estimate of drug-likeness (QED) is 0.600. The molecule has 0 aliphatic rings. The Morgan fingerprint density at radius 2 is 2.07 bits per heavy atom. The fourth-order valence-corrected chi connectivity index (χ4v) is 2.40. The summed E-state index contributed by atoms with van der Waals surface area (Å²) in [6.07, 6.45) is -4.02. The van der Waals surface area contributed by atoms with Crippen LogP contribution in [-0.4, -0.2) is 18.1 Å². The highest BCUT2D eigenvalue weighted by Crippen LogP contribution is 2.36. The van der Waals surface area contributed by atoms with Crippen LogP contribution in [0, 0.1) is 0 Å². The molecule has 0 aliphatic heterocycles. The van der Waals surface area contributed by atoms with E-state index in [1.54, 1.807) is 0 Å². The zero-order valence-electron chi connectivity index (χ0n) is 6.74. The van der Waals surface area contributed by atoms with E-state index in [0.717, 1.165) is 6.07 Å². The molecule has 1 rings (SSSR count). The monoisotopic (exact) mass is 324 g/mol. The molecule has 0 fully saturated rings. The summed E-state index contributed by atoms with van der Waals surface area (Å²) in [4.78, 5) is 10.5. The van der Waals surface area contributed by atoms with Crippen molar-refractivity contribution >= 4 is 44.7 Å². The first-order valence-electron chi connectivity index (χ1n) is 3.42. The molecule has 8 heteroatoms. The summed E-state index contributed by atoms with van der Waals surface area (Å²) in [6.45, 7) is 0. The van der Waals surface area contributed by atoms with E-state index in [2.05, 4.69) is 15.9 Å². The van der Waals surface area contributed by atoms with Crippen molar-refractivity contribution in [1.82, 2.24) is 0 Å². The summed E-state index contributed by atoms with van der Waals surface area (Å²) < 4.78 is 49.2. The van der Waals surface area contributed by atoms with E-state index in [1.807, 2.05) is 0 Å². The zero-order valence-corrected chi connectivity index (χ0v) is 9.90. The summed E-state index contributed by atoms with van der Waals surface area (Å²) >= 11 is 8.89. The molecule has 0 amide bonds. The van der Waals surface area contributed by atoms with Crippen LogP contribution in [0.2, 0.25) is 4.34 Å². The van der Waals surface area contributed by atoms with Crippen molar-refractivity contribution in [3.8, 4) is 0 Å². The van der Waals surface area contributed by atoms with Crippen molar-refractivity contribution in [3.63, 3.8) is 0 Å². The summed E-state index contributed by atoms with van der Waals surface area (Å²) in [5.74, 6) is -6.59. The number of carbonyl (C=O) groups is 1. The lowest BCUT2D eigenvalue weighted by Crippen LogP contribution is -2.36. The van der Waals surface area contributed by atoms with E-state index in [9.17, 15) is 22.4 Å². The second-order valence-corrected chi connectivity index (χ2v) is 4.99. The Bertz CT molecular complexity index is 373. The van der Waals surface area contributed by atoms with E-state index < -0.39 is 23.0 Å². The van der Waals surface area contributed by atoms with Gasteiger partial charge in [0.15, 0.2) is 0 Å². The Kier molecular flexibility index (Phi) is 3.78. The molecule has 0 unspecified atom stereocenters. The first-order chi connectivity index (χ1) is 6.76. The molecule has 0 atom stereocenters. The van der Waals surface area contributed by atoms with Crippen LogP contribution in [0.3, 0.4) is 0 Å². The lowest BCUT2D eigenvalue weighted by Gasteiger charge is -2.11. The third kappa shape index (κ3) is 2.51. The van der Waals surface area contributed by atoms with Gasteiger partial charge in [-0.25, -0.2) is 8.78 Å².